The third-order valence-corrected chi connectivity index (χ3v) is 5.93. The summed E-state index contributed by atoms with van der Waals surface area (Å²) in [4.78, 5) is 4.48. The van der Waals surface area contributed by atoms with Crippen LogP contribution < -0.4 is 0 Å². The fraction of sp³-hybridized carbons (Fsp3) is 0.700. The van der Waals surface area contributed by atoms with Crippen LogP contribution in [0.1, 0.15) is 55.7 Å². The summed E-state index contributed by atoms with van der Waals surface area (Å²) in [5.74, 6) is 0. The SMILES string of the molecule is CN1CCN(C(CC2(O)CCCCC2)c2cccc(C(F)(F)F)c2)CC1. The molecule has 1 aliphatic carbocycles. The zero-order chi connectivity index (χ0) is 18.8. The van der Waals surface area contributed by atoms with E-state index in [0.717, 1.165) is 64.3 Å². The van der Waals surface area contributed by atoms with Crippen LogP contribution in [0.15, 0.2) is 24.3 Å². The molecule has 26 heavy (non-hydrogen) atoms. The maximum absolute atomic E-state index is 13.2. The van der Waals surface area contributed by atoms with Crippen LogP contribution in [-0.2, 0) is 6.18 Å². The first-order valence-corrected chi connectivity index (χ1v) is 9.59. The fourth-order valence-electron chi connectivity index (χ4n) is 4.29. The molecular formula is C20H29F3N2O. The number of rotatable bonds is 4. The summed E-state index contributed by atoms with van der Waals surface area (Å²) in [5.41, 5.74) is -0.700. The Kier molecular flexibility index (Phi) is 5.94. The summed E-state index contributed by atoms with van der Waals surface area (Å²) in [6.45, 7) is 3.42. The van der Waals surface area contributed by atoms with Gasteiger partial charge < -0.3 is 10.0 Å². The van der Waals surface area contributed by atoms with Crippen molar-refractivity contribution in [2.75, 3.05) is 33.2 Å². The average molecular weight is 370 g/mol. The van der Waals surface area contributed by atoms with Crippen molar-refractivity contribution in [3.05, 3.63) is 35.4 Å². The summed E-state index contributed by atoms with van der Waals surface area (Å²) in [6, 6.07) is 5.50. The van der Waals surface area contributed by atoms with Gasteiger partial charge >= 0.3 is 6.18 Å². The Morgan fingerprint density at radius 2 is 1.73 bits per heavy atom. The number of nitrogens with zero attached hydrogens (tertiary/aromatic N) is 2. The summed E-state index contributed by atoms with van der Waals surface area (Å²) in [5, 5.41) is 11.1. The molecule has 146 valence electrons. The predicted octanol–water partition coefficient (Wildman–Crippen LogP) is 4.08. The van der Waals surface area contributed by atoms with Crippen LogP contribution in [0, 0.1) is 0 Å². The van der Waals surface area contributed by atoms with E-state index in [2.05, 4.69) is 16.8 Å². The molecule has 0 radical (unpaired) electrons. The molecule has 1 N–H and O–H groups in total. The highest BCUT2D eigenvalue weighted by Gasteiger charge is 2.37. The van der Waals surface area contributed by atoms with E-state index in [0.29, 0.717) is 12.0 Å². The predicted molar refractivity (Wildman–Crippen MR) is 95.9 cm³/mol. The second kappa shape index (κ2) is 7.87. The molecule has 1 atom stereocenters. The Labute approximate surface area is 153 Å². The Bertz CT molecular complexity index is 591. The quantitative estimate of drug-likeness (QED) is 0.865. The number of alkyl halides is 3. The molecule has 1 saturated heterocycles. The van der Waals surface area contributed by atoms with Crippen LogP contribution in [-0.4, -0.2) is 53.7 Å². The van der Waals surface area contributed by atoms with Crippen LogP contribution in [0.25, 0.3) is 0 Å². The minimum atomic E-state index is -4.34. The summed E-state index contributed by atoms with van der Waals surface area (Å²) in [7, 11) is 2.06. The lowest BCUT2D eigenvalue weighted by Crippen LogP contribution is -2.48. The number of benzene rings is 1. The standard InChI is InChI=1S/C20H29F3N2O/c1-24-10-12-25(13-11-24)18(15-19(26)8-3-2-4-9-19)16-6-5-7-17(14-16)20(21,22)23/h5-7,14,18,26H,2-4,8-13,15H2,1H3. The first kappa shape index (κ1) is 19.6. The molecule has 6 heteroatoms. The second-order valence-corrected chi connectivity index (χ2v) is 7.97. The van der Waals surface area contributed by atoms with Gasteiger partial charge in [-0.1, -0.05) is 31.4 Å². The van der Waals surface area contributed by atoms with Crippen molar-refractivity contribution in [1.29, 1.82) is 0 Å². The maximum Gasteiger partial charge on any atom is 0.416 e. The third-order valence-electron chi connectivity index (χ3n) is 5.93. The smallest absolute Gasteiger partial charge is 0.390 e. The van der Waals surface area contributed by atoms with E-state index >= 15 is 0 Å². The van der Waals surface area contributed by atoms with E-state index in [1.807, 2.05) is 0 Å². The fourth-order valence-corrected chi connectivity index (χ4v) is 4.29. The molecular weight excluding hydrogens is 341 g/mol. The average Bonchev–Trinajstić information content (AvgIpc) is 2.61. The number of halogens is 3. The summed E-state index contributed by atoms with van der Waals surface area (Å²) < 4.78 is 39.6. The molecule has 1 aromatic rings. The van der Waals surface area contributed by atoms with Gasteiger partial charge in [-0.3, -0.25) is 4.90 Å². The molecule has 1 saturated carbocycles. The Morgan fingerprint density at radius 3 is 2.35 bits per heavy atom. The van der Waals surface area contributed by atoms with Crippen LogP contribution >= 0.6 is 0 Å². The van der Waals surface area contributed by atoms with Gasteiger partial charge in [-0.2, -0.15) is 13.2 Å². The molecule has 1 heterocycles. The van der Waals surface area contributed by atoms with Crippen LogP contribution in [0.3, 0.4) is 0 Å². The van der Waals surface area contributed by atoms with Crippen molar-refractivity contribution in [2.45, 2.75) is 56.3 Å². The summed E-state index contributed by atoms with van der Waals surface area (Å²) >= 11 is 0. The lowest BCUT2D eigenvalue weighted by atomic mass is 9.78. The molecule has 3 nitrogen and oxygen atoms in total. The van der Waals surface area contributed by atoms with E-state index in [1.165, 1.54) is 12.1 Å². The minimum Gasteiger partial charge on any atom is -0.390 e. The van der Waals surface area contributed by atoms with Gasteiger partial charge in [0.15, 0.2) is 0 Å². The van der Waals surface area contributed by atoms with Crippen LogP contribution in [0.2, 0.25) is 0 Å². The van der Waals surface area contributed by atoms with Gasteiger partial charge in [-0.15, -0.1) is 0 Å². The highest BCUT2D eigenvalue weighted by atomic mass is 19.4. The Hall–Kier alpha value is -1.11. The molecule has 2 aliphatic rings. The largest absolute Gasteiger partial charge is 0.416 e. The molecule has 0 amide bonds. The number of likely N-dealkylation sites (N-methyl/N-ethyl adjacent to an activating group) is 1. The van der Waals surface area contributed by atoms with Crippen molar-refractivity contribution in [2.24, 2.45) is 0 Å². The third kappa shape index (κ3) is 4.78. The van der Waals surface area contributed by atoms with Crippen LogP contribution in [0.5, 0.6) is 0 Å². The molecule has 0 aromatic heterocycles. The number of hydrogen-bond acceptors (Lipinski definition) is 3. The van der Waals surface area contributed by atoms with Crippen molar-refractivity contribution in [3.63, 3.8) is 0 Å². The van der Waals surface area contributed by atoms with E-state index in [4.69, 9.17) is 0 Å². The Morgan fingerprint density at radius 1 is 1.08 bits per heavy atom. The normalized spacial score (nSPS) is 23.7. The molecule has 3 rings (SSSR count). The summed E-state index contributed by atoms with van der Waals surface area (Å²) in [6.07, 6.45) is 0.781. The topological polar surface area (TPSA) is 26.7 Å². The van der Waals surface area contributed by atoms with Gasteiger partial charge in [0.25, 0.3) is 0 Å². The molecule has 1 unspecified atom stereocenters. The maximum atomic E-state index is 13.2. The van der Waals surface area contributed by atoms with Crippen molar-refractivity contribution in [1.82, 2.24) is 9.80 Å². The van der Waals surface area contributed by atoms with E-state index < -0.39 is 17.3 Å². The minimum absolute atomic E-state index is 0.172. The first-order chi connectivity index (χ1) is 12.3. The van der Waals surface area contributed by atoms with Gasteiger partial charge in [0.1, 0.15) is 0 Å². The van der Waals surface area contributed by atoms with E-state index in [-0.39, 0.29) is 6.04 Å². The number of piperazine rings is 1. The molecule has 0 bridgehead atoms. The number of aliphatic hydroxyl groups is 1. The van der Waals surface area contributed by atoms with Crippen LogP contribution in [0.4, 0.5) is 13.2 Å². The molecule has 1 aliphatic heterocycles. The Balaban J connectivity index is 1.87. The highest BCUT2D eigenvalue weighted by molar-refractivity contribution is 5.28. The first-order valence-electron chi connectivity index (χ1n) is 9.59. The zero-order valence-corrected chi connectivity index (χ0v) is 15.4. The lowest BCUT2D eigenvalue weighted by molar-refractivity contribution is -0.137. The number of hydrogen-bond donors (Lipinski definition) is 1. The monoisotopic (exact) mass is 370 g/mol. The van der Waals surface area contributed by atoms with E-state index in [1.54, 1.807) is 6.07 Å². The van der Waals surface area contributed by atoms with Gasteiger partial charge in [0.2, 0.25) is 0 Å². The van der Waals surface area contributed by atoms with Crippen molar-refractivity contribution in [3.8, 4) is 0 Å². The second-order valence-electron chi connectivity index (χ2n) is 7.97. The van der Waals surface area contributed by atoms with Crippen molar-refractivity contribution >= 4 is 0 Å². The van der Waals surface area contributed by atoms with E-state index in [9.17, 15) is 18.3 Å². The van der Waals surface area contributed by atoms with Gasteiger partial charge in [-0.05, 0) is 44.0 Å². The molecule has 0 spiro atoms. The molecule has 1 aromatic carbocycles. The highest BCUT2D eigenvalue weighted by Crippen LogP contribution is 2.40. The zero-order valence-electron chi connectivity index (χ0n) is 15.4. The lowest BCUT2D eigenvalue weighted by Gasteiger charge is -2.43. The molecule has 2 fully saturated rings. The van der Waals surface area contributed by atoms with Gasteiger partial charge in [-0.25, -0.2) is 0 Å². The van der Waals surface area contributed by atoms with Gasteiger partial charge in [0.05, 0.1) is 11.2 Å². The van der Waals surface area contributed by atoms with Gasteiger partial charge in [0, 0.05) is 32.2 Å². The van der Waals surface area contributed by atoms with Crippen molar-refractivity contribution < 1.29 is 18.3 Å².